The first-order valence-corrected chi connectivity index (χ1v) is 8.88. The van der Waals surface area contributed by atoms with E-state index in [0.717, 1.165) is 5.56 Å². The first kappa shape index (κ1) is 20.3. The van der Waals surface area contributed by atoms with Gasteiger partial charge in [0.1, 0.15) is 5.69 Å². The van der Waals surface area contributed by atoms with Gasteiger partial charge in [-0.1, -0.05) is 30.3 Å². The Hall–Kier alpha value is -2.02. The van der Waals surface area contributed by atoms with E-state index in [0.29, 0.717) is 0 Å². The van der Waals surface area contributed by atoms with Crippen LogP contribution in [0.2, 0.25) is 0 Å². The van der Waals surface area contributed by atoms with Crippen molar-refractivity contribution in [2.45, 2.75) is 39.7 Å². The number of carbonyl (C=O) groups is 1. The Bertz CT molecular complexity index is 697. The SMILES string of the molecule is CCOC(OCC)(OCC)C(=O)c1c(F)ccn1[C@H](C)c1ccccc1. The summed E-state index contributed by atoms with van der Waals surface area (Å²) >= 11 is 0. The summed E-state index contributed by atoms with van der Waals surface area (Å²) in [7, 11) is 0. The minimum Gasteiger partial charge on any atom is -0.335 e. The van der Waals surface area contributed by atoms with Crippen LogP contribution in [0.1, 0.15) is 49.8 Å². The molecule has 0 radical (unpaired) electrons. The minimum absolute atomic E-state index is 0.128. The number of Topliss-reactive ketones (excluding diaryl/α,β-unsaturated/α-hetero) is 1. The fraction of sp³-hybridized carbons (Fsp3) is 0.450. The third kappa shape index (κ3) is 4.03. The number of benzene rings is 1. The second kappa shape index (κ2) is 9.07. The highest BCUT2D eigenvalue weighted by Gasteiger charge is 2.45. The Labute approximate surface area is 153 Å². The van der Waals surface area contributed by atoms with Gasteiger partial charge in [0.05, 0.1) is 25.9 Å². The van der Waals surface area contributed by atoms with Crippen LogP contribution in [0.3, 0.4) is 0 Å². The zero-order valence-electron chi connectivity index (χ0n) is 15.7. The number of halogens is 1. The van der Waals surface area contributed by atoms with Gasteiger partial charge in [-0.2, -0.15) is 0 Å². The van der Waals surface area contributed by atoms with Crippen LogP contribution in [-0.2, 0) is 14.2 Å². The van der Waals surface area contributed by atoms with Crippen molar-refractivity contribution in [2.24, 2.45) is 0 Å². The Morgan fingerprint density at radius 1 is 1.04 bits per heavy atom. The molecule has 0 N–H and O–H groups in total. The lowest BCUT2D eigenvalue weighted by atomic mass is 10.1. The molecule has 2 aromatic rings. The molecule has 0 bridgehead atoms. The Morgan fingerprint density at radius 2 is 1.58 bits per heavy atom. The Morgan fingerprint density at radius 3 is 2.08 bits per heavy atom. The van der Waals surface area contributed by atoms with Crippen LogP contribution in [0.5, 0.6) is 0 Å². The predicted octanol–water partition coefficient (Wildman–Crippen LogP) is 4.18. The molecule has 0 amide bonds. The second-order valence-corrected chi connectivity index (χ2v) is 5.69. The van der Waals surface area contributed by atoms with Crippen molar-refractivity contribution in [2.75, 3.05) is 19.8 Å². The summed E-state index contributed by atoms with van der Waals surface area (Å²) in [4.78, 5) is 13.2. The average molecular weight is 363 g/mol. The molecule has 0 spiro atoms. The molecular weight excluding hydrogens is 337 g/mol. The monoisotopic (exact) mass is 363 g/mol. The lowest BCUT2D eigenvalue weighted by Gasteiger charge is -2.31. The number of hydrogen-bond donors (Lipinski definition) is 0. The van der Waals surface area contributed by atoms with E-state index in [1.807, 2.05) is 37.3 Å². The number of ether oxygens (including phenoxy) is 3. The number of carbonyl (C=O) groups excluding carboxylic acids is 1. The summed E-state index contributed by atoms with van der Waals surface area (Å²) in [6.45, 7) is 7.62. The lowest BCUT2D eigenvalue weighted by molar-refractivity contribution is -0.339. The molecule has 0 fully saturated rings. The fourth-order valence-electron chi connectivity index (χ4n) is 2.90. The zero-order valence-corrected chi connectivity index (χ0v) is 15.7. The van der Waals surface area contributed by atoms with Gasteiger partial charge in [-0.25, -0.2) is 4.39 Å². The fourth-order valence-corrected chi connectivity index (χ4v) is 2.90. The normalized spacial score (nSPS) is 13.0. The molecule has 142 valence electrons. The third-order valence-electron chi connectivity index (χ3n) is 4.06. The van der Waals surface area contributed by atoms with Crippen molar-refractivity contribution in [3.8, 4) is 0 Å². The Kier molecular flexibility index (Phi) is 7.08. The molecule has 5 nitrogen and oxygen atoms in total. The van der Waals surface area contributed by atoms with E-state index >= 15 is 0 Å². The number of hydrogen-bond acceptors (Lipinski definition) is 4. The van der Waals surface area contributed by atoms with Gasteiger partial charge in [-0.05, 0) is 39.3 Å². The van der Waals surface area contributed by atoms with E-state index in [-0.39, 0.29) is 31.6 Å². The first-order valence-electron chi connectivity index (χ1n) is 8.88. The van der Waals surface area contributed by atoms with Gasteiger partial charge >= 0.3 is 5.97 Å². The van der Waals surface area contributed by atoms with Gasteiger partial charge in [0, 0.05) is 6.20 Å². The van der Waals surface area contributed by atoms with E-state index in [4.69, 9.17) is 14.2 Å². The molecule has 0 saturated heterocycles. The third-order valence-corrected chi connectivity index (χ3v) is 4.06. The predicted molar refractivity (Wildman–Crippen MR) is 96.6 cm³/mol. The molecular formula is C20H26FNO4. The van der Waals surface area contributed by atoms with Crippen LogP contribution in [-0.4, -0.2) is 36.1 Å². The largest absolute Gasteiger partial charge is 0.353 e. The molecule has 26 heavy (non-hydrogen) atoms. The molecule has 1 aromatic heterocycles. The topological polar surface area (TPSA) is 49.7 Å². The summed E-state index contributed by atoms with van der Waals surface area (Å²) in [5, 5.41) is 0. The van der Waals surface area contributed by atoms with Gasteiger partial charge in [-0.3, -0.25) is 4.79 Å². The van der Waals surface area contributed by atoms with E-state index < -0.39 is 17.6 Å². The van der Waals surface area contributed by atoms with Gasteiger partial charge in [0.25, 0.3) is 5.78 Å². The van der Waals surface area contributed by atoms with Gasteiger partial charge < -0.3 is 18.8 Å². The Balaban J connectivity index is 2.49. The van der Waals surface area contributed by atoms with Crippen molar-refractivity contribution in [1.82, 2.24) is 4.57 Å². The highest BCUT2D eigenvalue weighted by molar-refractivity contribution is 5.99. The molecule has 1 aromatic carbocycles. The summed E-state index contributed by atoms with van der Waals surface area (Å²) in [6, 6.07) is 10.6. The van der Waals surface area contributed by atoms with Crippen LogP contribution >= 0.6 is 0 Å². The quantitative estimate of drug-likeness (QED) is 0.469. The van der Waals surface area contributed by atoms with Crippen molar-refractivity contribution >= 4 is 5.78 Å². The van der Waals surface area contributed by atoms with Crippen LogP contribution in [0.4, 0.5) is 4.39 Å². The molecule has 0 aliphatic rings. The lowest BCUT2D eigenvalue weighted by Crippen LogP contribution is -2.48. The number of ketones is 1. The minimum atomic E-state index is -1.95. The highest BCUT2D eigenvalue weighted by atomic mass is 19.1. The van der Waals surface area contributed by atoms with E-state index in [1.165, 1.54) is 6.07 Å². The maximum absolute atomic E-state index is 14.6. The molecule has 0 unspecified atom stereocenters. The van der Waals surface area contributed by atoms with Crippen LogP contribution in [0.25, 0.3) is 0 Å². The number of aromatic nitrogens is 1. The second-order valence-electron chi connectivity index (χ2n) is 5.69. The summed E-state index contributed by atoms with van der Waals surface area (Å²) in [5.74, 6) is -3.28. The molecule has 0 aliphatic heterocycles. The summed E-state index contributed by atoms with van der Waals surface area (Å²) in [5.41, 5.74) is 0.823. The van der Waals surface area contributed by atoms with Crippen molar-refractivity contribution in [3.05, 3.63) is 59.7 Å². The van der Waals surface area contributed by atoms with Gasteiger partial charge in [0.15, 0.2) is 5.82 Å². The number of nitrogens with zero attached hydrogens (tertiary/aromatic N) is 1. The number of rotatable bonds is 10. The van der Waals surface area contributed by atoms with E-state index in [2.05, 4.69) is 0 Å². The maximum Gasteiger partial charge on any atom is 0.353 e. The van der Waals surface area contributed by atoms with Crippen LogP contribution < -0.4 is 0 Å². The smallest absolute Gasteiger partial charge is 0.335 e. The van der Waals surface area contributed by atoms with Crippen LogP contribution in [0, 0.1) is 5.82 Å². The van der Waals surface area contributed by atoms with Crippen molar-refractivity contribution in [3.63, 3.8) is 0 Å². The highest BCUT2D eigenvalue weighted by Crippen LogP contribution is 2.28. The summed E-state index contributed by atoms with van der Waals surface area (Å²) in [6.07, 6.45) is 1.55. The maximum atomic E-state index is 14.6. The summed E-state index contributed by atoms with van der Waals surface area (Å²) < 4.78 is 32.7. The molecule has 1 heterocycles. The average Bonchev–Trinajstić information content (AvgIpc) is 3.03. The molecule has 0 saturated carbocycles. The standard InChI is InChI=1S/C20H26FNO4/c1-5-24-20(25-6-2,26-7-3)19(23)18-17(21)13-14-22(18)15(4)16-11-9-8-10-12-16/h8-15H,5-7H2,1-4H3/t15-/m1/s1. The molecule has 2 rings (SSSR count). The van der Waals surface area contributed by atoms with Crippen LogP contribution in [0.15, 0.2) is 42.6 Å². The molecule has 6 heteroatoms. The van der Waals surface area contributed by atoms with Crippen molar-refractivity contribution < 1.29 is 23.4 Å². The molecule has 0 aliphatic carbocycles. The van der Waals surface area contributed by atoms with E-state index in [9.17, 15) is 9.18 Å². The first-order chi connectivity index (χ1) is 12.5. The van der Waals surface area contributed by atoms with Gasteiger partial charge in [0.2, 0.25) is 0 Å². The molecule has 1 atom stereocenters. The van der Waals surface area contributed by atoms with E-state index in [1.54, 1.807) is 31.5 Å². The van der Waals surface area contributed by atoms with Crippen molar-refractivity contribution in [1.29, 1.82) is 0 Å². The zero-order chi connectivity index (χ0) is 19.2. The van der Waals surface area contributed by atoms with Gasteiger partial charge in [-0.15, -0.1) is 0 Å².